The highest BCUT2D eigenvalue weighted by atomic mass is 19.1. The molecule has 1 aliphatic heterocycles. The lowest BCUT2D eigenvalue weighted by molar-refractivity contribution is 0.245. The van der Waals surface area contributed by atoms with Gasteiger partial charge in [0.1, 0.15) is 11.6 Å². The number of likely N-dealkylation sites (tertiary alicyclic amines) is 1. The average molecular weight is 310 g/mol. The molecule has 1 fully saturated rings. The van der Waals surface area contributed by atoms with E-state index < -0.39 is 0 Å². The van der Waals surface area contributed by atoms with E-state index in [9.17, 15) is 4.39 Å². The van der Waals surface area contributed by atoms with Crippen LogP contribution < -0.4 is 4.74 Å². The average Bonchev–Trinajstić information content (AvgIpc) is 3.05. The number of benzene rings is 2. The Kier molecular flexibility index (Phi) is 4.59. The maximum Gasteiger partial charge on any atom is 0.127 e. The molecule has 0 amide bonds. The van der Waals surface area contributed by atoms with Gasteiger partial charge in [-0.1, -0.05) is 12.1 Å². The van der Waals surface area contributed by atoms with E-state index in [0.717, 1.165) is 25.1 Å². The Bertz CT molecular complexity index is 721. The number of methoxy groups -OCH3 is 1. The van der Waals surface area contributed by atoms with Crippen molar-refractivity contribution in [3.63, 3.8) is 0 Å². The number of ether oxygens (including phenoxy) is 1. The van der Waals surface area contributed by atoms with Crippen LogP contribution >= 0.6 is 0 Å². The minimum atomic E-state index is -0.246. The molecule has 2 aromatic carbocycles. The molecule has 23 heavy (non-hydrogen) atoms. The molecule has 3 nitrogen and oxygen atoms in total. The van der Waals surface area contributed by atoms with Gasteiger partial charge in [0.15, 0.2) is 0 Å². The van der Waals surface area contributed by atoms with Gasteiger partial charge in [-0.25, -0.2) is 4.39 Å². The van der Waals surface area contributed by atoms with Gasteiger partial charge in [0.2, 0.25) is 0 Å². The zero-order valence-electron chi connectivity index (χ0n) is 13.1. The fraction of sp³-hybridized carbons (Fsp3) is 0.316. The van der Waals surface area contributed by atoms with Crippen LogP contribution in [0.2, 0.25) is 0 Å². The van der Waals surface area contributed by atoms with Gasteiger partial charge in [0, 0.05) is 18.2 Å². The summed E-state index contributed by atoms with van der Waals surface area (Å²) < 4.78 is 19.2. The molecule has 118 valence electrons. The molecule has 0 aromatic heterocycles. The summed E-state index contributed by atoms with van der Waals surface area (Å²) in [6.45, 7) is 1.46. The summed E-state index contributed by atoms with van der Waals surface area (Å²) in [4.78, 5) is 2.28. The van der Waals surface area contributed by atoms with E-state index >= 15 is 0 Å². The Morgan fingerprint density at radius 2 is 2.04 bits per heavy atom. The van der Waals surface area contributed by atoms with E-state index in [4.69, 9.17) is 10.00 Å². The standard InChI is InChI=1S/C19H19FN2O/c1-23-17-7-5-15(6-8-17)19-3-2-10-22(19)13-16-11-14(12-21)4-9-18(16)20/h4-9,11,19H,2-3,10,13H2,1H3. The molecule has 2 aromatic rings. The molecule has 0 saturated carbocycles. The molecular weight excluding hydrogens is 291 g/mol. The van der Waals surface area contributed by atoms with Gasteiger partial charge in [-0.3, -0.25) is 4.90 Å². The van der Waals surface area contributed by atoms with E-state index in [1.807, 2.05) is 12.1 Å². The summed E-state index contributed by atoms with van der Waals surface area (Å²) in [5.41, 5.74) is 2.31. The highest BCUT2D eigenvalue weighted by Crippen LogP contribution is 2.34. The molecule has 0 aliphatic carbocycles. The first-order chi connectivity index (χ1) is 11.2. The van der Waals surface area contributed by atoms with Crippen molar-refractivity contribution in [2.24, 2.45) is 0 Å². The van der Waals surface area contributed by atoms with Crippen LogP contribution in [0.25, 0.3) is 0 Å². The molecule has 1 atom stereocenters. The van der Waals surface area contributed by atoms with Crippen LogP contribution in [-0.4, -0.2) is 18.6 Å². The Morgan fingerprint density at radius 1 is 1.26 bits per heavy atom. The van der Waals surface area contributed by atoms with Crippen LogP contribution in [0.4, 0.5) is 4.39 Å². The Hall–Kier alpha value is -2.38. The third kappa shape index (κ3) is 3.35. The first-order valence-electron chi connectivity index (χ1n) is 7.78. The fourth-order valence-electron chi connectivity index (χ4n) is 3.20. The van der Waals surface area contributed by atoms with Crippen molar-refractivity contribution in [2.75, 3.05) is 13.7 Å². The SMILES string of the molecule is COc1ccc(C2CCCN2Cc2cc(C#N)ccc2F)cc1. The summed E-state index contributed by atoms with van der Waals surface area (Å²) in [7, 11) is 1.65. The Morgan fingerprint density at radius 3 is 2.74 bits per heavy atom. The maximum atomic E-state index is 14.0. The normalized spacial score (nSPS) is 17.9. The van der Waals surface area contributed by atoms with Crippen LogP contribution in [0.3, 0.4) is 0 Å². The van der Waals surface area contributed by atoms with Gasteiger partial charge >= 0.3 is 0 Å². The first-order valence-corrected chi connectivity index (χ1v) is 7.78. The molecule has 0 radical (unpaired) electrons. The Balaban J connectivity index is 1.80. The molecule has 1 aliphatic rings. The number of halogens is 1. The van der Waals surface area contributed by atoms with Crippen molar-refractivity contribution in [1.29, 1.82) is 5.26 Å². The molecule has 0 spiro atoms. The van der Waals surface area contributed by atoms with Gasteiger partial charge in [0.05, 0.1) is 18.7 Å². The predicted octanol–water partition coefficient (Wildman–Crippen LogP) is 4.04. The van der Waals surface area contributed by atoms with Crippen LogP contribution in [0.15, 0.2) is 42.5 Å². The van der Waals surface area contributed by atoms with Gasteiger partial charge in [0.25, 0.3) is 0 Å². The summed E-state index contributed by atoms with van der Waals surface area (Å²) in [5.74, 6) is 0.593. The fourth-order valence-corrected chi connectivity index (χ4v) is 3.20. The van der Waals surface area contributed by atoms with Crippen molar-refractivity contribution in [3.05, 3.63) is 65.0 Å². The molecule has 0 bridgehead atoms. The molecule has 1 unspecified atom stereocenters. The second-order valence-corrected chi connectivity index (χ2v) is 5.82. The lowest BCUT2D eigenvalue weighted by Crippen LogP contribution is -2.23. The quantitative estimate of drug-likeness (QED) is 0.855. The predicted molar refractivity (Wildman–Crippen MR) is 86.5 cm³/mol. The van der Waals surface area contributed by atoms with Crippen molar-refractivity contribution < 1.29 is 9.13 Å². The third-order valence-electron chi connectivity index (χ3n) is 4.41. The van der Waals surface area contributed by atoms with Crippen molar-refractivity contribution in [3.8, 4) is 11.8 Å². The second-order valence-electron chi connectivity index (χ2n) is 5.82. The summed E-state index contributed by atoms with van der Waals surface area (Å²) in [6.07, 6.45) is 2.15. The third-order valence-corrected chi connectivity index (χ3v) is 4.41. The zero-order valence-corrected chi connectivity index (χ0v) is 13.1. The van der Waals surface area contributed by atoms with E-state index in [1.165, 1.54) is 17.7 Å². The van der Waals surface area contributed by atoms with Gasteiger partial charge < -0.3 is 4.74 Å². The lowest BCUT2D eigenvalue weighted by atomic mass is 10.0. The summed E-state index contributed by atoms with van der Waals surface area (Å²) in [5, 5.41) is 9.00. The number of rotatable bonds is 4. The lowest BCUT2D eigenvalue weighted by Gasteiger charge is -2.25. The molecule has 1 saturated heterocycles. The van der Waals surface area contributed by atoms with Crippen LogP contribution in [0, 0.1) is 17.1 Å². The van der Waals surface area contributed by atoms with Gasteiger partial charge in [-0.15, -0.1) is 0 Å². The van der Waals surface area contributed by atoms with E-state index in [-0.39, 0.29) is 11.9 Å². The van der Waals surface area contributed by atoms with Crippen LogP contribution in [0.1, 0.15) is 35.6 Å². The number of nitrogens with zero attached hydrogens (tertiary/aromatic N) is 2. The Labute approximate surface area is 135 Å². The summed E-state index contributed by atoms with van der Waals surface area (Å²) in [6, 6.07) is 15.0. The highest BCUT2D eigenvalue weighted by Gasteiger charge is 2.26. The van der Waals surface area contributed by atoms with Crippen LogP contribution in [-0.2, 0) is 6.54 Å². The van der Waals surface area contributed by atoms with Gasteiger partial charge in [-0.2, -0.15) is 5.26 Å². The minimum Gasteiger partial charge on any atom is -0.497 e. The first kappa shape index (κ1) is 15.5. The molecular formula is C19H19FN2O. The zero-order chi connectivity index (χ0) is 16.2. The largest absolute Gasteiger partial charge is 0.497 e. The van der Waals surface area contributed by atoms with Gasteiger partial charge in [-0.05, 0) is 55.3 Å². The van der Waals surface area contributed by atoms with Crippen molar-refractivity contribution >= 4 is 0 Å². The number of hydrogen-bond donors (Lipinski definition) is 0. The van der Waals surface area contributed by atoms with Crippen LogP contribution in [0.5, 0.6) is 5.75 Å². The van der Waals surface area contributed by atoms with E-state index in [0.29, 0.717) is 17.7 Å². The topological polar surface area (TPSA) is 36.3 Å². The monoisotopic (exact) mass is 310 g/mol. The second kappa shape index (κ2) is 6.80. The molecule has 3 rings (SSSR count). The minimum absolute atomic E-state index is 0.246. The van der Waals surface area contributed by atoms with Crippen molar-refractivity contribution in [2.45, 2.75) is 25.4 Å². The highest BCUT2D eigenvalue weighted by molar-refractivity contribution is 5.34. The van der Waals surface area contributed by atoms with Crippen molar-refractivity contribution in [1.82, 2.24) is 4.90 Å². The smallest absolute Gasteiger partial charge is 0.127 e. The number of hydrogen-bond acceptors (Lipinski definition) is 3. The summed E-state index contributed by atoms with van der Waals surface area (Å²) >= 11 is 0. The maximum absolute atomic E-state index is 14.0. The molecule has 0 N–H and O–H groups in total. The molecule has 1 heterocycles. The molecule has 4 heteroatoms. The van der Waals surface area contributed by atoms with E-state index in [1.54, 1.807) is 13.2 Å². The van der Waals surface area contributed by atoms with E-state index in [2.05, 4.69) is 23.1 Å². The number of nitriles is 1.